The second-order valence-electron chi connectivity index (χ2n) is 6.96. The predicted octanol–water partition coefficient (Wildman–Crippen LogP) is -2.92. The number of nitrogens with one attached hydrogen (secondary N) is 3. The molecule has 0 heterocycles. The molecule has 0 aliphatic heterocycles. The lowest BCUT2D eigenvalue weighted by Crippen LogP contribution is -2.61. The Kier molecular flexibility index (Phi) is 12.0. The van der Waals surface area contributed by atoms with Crippen LogP contribution in [-0.4, -0.2) is 75.8 Å². The van der Waals surface area contributed by atoms with E-state index in [-0.39, 0.29) is 5.75 Å². The van der Waals surface area contributed by atoms with Crippen LogP contribution in [0.4, 0.5) is 0 Å². The molecule has 0 fully saturated rings. The smallest absolute Gasteiger partial charge is 0.327 e. The van der Waals surface area contributed by atoms with Crippen LogP contribution in [0.2, 0.25) is 0 Å². The van der Waals surface area contributed by atoms with Crippen LogP contribution in [0.15, 0.2) is 0 Å². The number of carbonyl (C=O) groups excluding carboxylic acids is 4. The molecule has 0 saturated carbocycles. The number of aliphatic carboxylic acids is 1. The monoisotopic (exact) mass is 449 g/mol. The molecule has 6 atom stereocenters. The van der Waals surface area contributed by atoms with Crippen LogP contribution in [0.3, 0.4) is 0 Å². The second kappa shape index (κ2) is 13.0. The van der Waals surface area contributed by atoms with Gasteiger partial charge in [-0.1, -0.05) is 20.3 Å². The van der Waals surface area contributed by atoms with Crippen molar-refractivity contribution < 1.29 is 34.2 Å². The number of aliphatic hydroxyl groups excluding tert-OH is 1. The summed E-state index contributed by atoms with van der Waals surface area (Å²) in [6, 6.07) is -5.20. The van der Waals surface area contributed by atoms with Crippen molar-refractivity contribution in [3.8, 4) is 0 Å². The molecule has 0 saturated heterocycles. The van der Waals surface area contributed by atoms with Crippen LogP contribution in [0.1, 0.15) is 33.6 Å². The molecule has 0 radical (unpaired) electrons. The van der Waals surface area contributed by atoms with E-state index in [0.717, 1.165) is 0 Å². The van der Waals surface area contributed by atoms with Crippen LogP contribution in [0, 0.1) is 5.92 Å². The maximum absolute atomic E-state index is 12.7. The molecule has 172 valence electrons. The van der Waals surface area contributed by atoms with Crippen molar-refractivity contribution in [2.24, 2.45) is 17.4 Å². The normalized spacial score (nSPS) is 16.9. The maximum atomic E-state index is 12.7. The highest BCUT2D eigenvalue weighted by molar-refractivity contribution is 7.80. The number of thiol groups is 1. The fraction of sp³-hybridized carbons (Fsp3) is 0.706. The minimum atomic E-state index is -1.48. The lowest BCUT2D eigenvalue weighted by molar-refractivity contribution is -0.142. The number of hydrogen-bond donors (Lipinski definition) is 8. The molecule has 30 heavy (non-hydrogen) atoms. The molecule has 6 unspecified atom stereocenters. The highest BCUT2D eigenvalue weighted by atomic mass is 32.1. The largest absolute Gasteiger partial charge is 0.480 e. The Morgan fingerprint density at radius 1 is 0.967 bits per heavy atom. The zero-order valence-corrected chi connectivity index (χ0v) is 18.0. The van der Waals surface area contributed by atoms with Gasteiger partial charge in [-0.25, -0.2) is 4.79 Å². The Morgan fingerprint density at radius 3 is 1.87 bits per heavy atom. The van der Waals surface area contributed by atoms with Crippen molar-refractivity contribution in [2.75, 3.05) is 5.75 Å². The van der Waals surface area contributed by atoms with Crippen LogP contribution in [-0.2, 0) is 24.0 Å². The number of carbonyl (C=O) groups is 5. The Bertz CT molecular complexity index is 646. The lowest BCUT2D eigenvalue weighted by Gasteiger charge is -2.28. The number of carboxylic acids is 1. The lowest BCUT2D eigenvalue weighted by atomic mass is 9.97. The van der Waals surface area contributed by atoms with E-state index in [1.54, 1.807) is 13.8 Å². The quantitative estimate of drug-likeness (QED) is 0.136. The van der Waals surface area contributed by atoms with Crippen LogP contribution < -0.4 is 27.4 Å². The van der Waals surface area contributed by atoms with Gasteiger partial charge in [0.15, 0.2) is 0 Å². The third-order valence-corrected chi connectivity index (χ3v) is 4.78. The summed E-state index contributed by atoms with van der Waals surface area (Å²) in [7, 11) is 0. The van der Waals surface area contributed by atoms with Gasteiger partial charge >= 0.3 is 5.97 Å². The van der Waals surface area contributed by atoms with Crippen molar-refractivity contribution in [2.45, 2.75) is 63.9 Å². The Labute approximate surface area is 179 Å². The molecular formula is C17H31N5O7S. The van der Waals surface area contributed by atoms with E-state index in [1.165, 1.54) is 6.92 Å². The third-order valence-electron chi connectivity index (χ3n) is 4.41. The number of rotatable bonds is 13. The topological polar surface area (TPSA) is 214 Å². The highest BCUT2D eigenvalue weighted by Crippen LogP contribution is 2.10. The molecule has 0 aromatic rings. The molecule has 0 rings (SSSR count). The van der Waals surface area contributed by atoms with Gasteiger partial charge in [0, 0.05) is 5.75 Å². The minimum absolute atomic E-state index is 0.160. The average Bonchev–Trinajstić information content (AvgIpc) is 2.65. The van der Waals surface area contributed by atoms with Gasteiger partial charge in [0.05, 0.1) is 18.6 Å². The predicted molar refractivity (Wildman–Crippen MR) is 110 cm³/mol. The van der Waals surface area contributed by atoms with Gasteiger partial charge in [-0.2, -0.15) is 12.6 Å². The van der Waals surface area contributed by atoms with Gasteiger partial charge in [-0.3, -0.25) is 19.2 Å². The summed E-state index contributed by atoms with van der Waals surface area (Å²) < 4.78 is 0. The summed E-state index contributed by atoms with van der Waals surface area (Å²) in [5, 5.41) is 25.9. The molecule has 0 aliphatic rings. The summed E-state index contributed by atoms with van der Waals surface area (Å²) in [6.45, 7) is 4.67. The average molecular weight is 450 g/mol. The van der Waals surface area contributed by atoms with Crippen LogP contribution in [0.25, 0.3) is 0 Å². The summed E-state index contributed by atoms with van der Waals surface area (Å²) in [5.41, 5.74) is 10.5. The fourth-order valence-electron chi connectivity index (χ4n) is 2.37. The maximum Gasteiger partial charge on any atom is 0.327 e. The number of primary amides is 1. The van der Waals surface area contributed by atoms with Crippen molar-refractivity contribution in [1.82, 2.24) is 16.0 Å². The van der Waals surface area contributed by atoms with E-state index in [4.69, 9.17) is 16.6 Å². The second-order valence-corrected chi connectivity index (χ2v) is 7.32. The van der Waals surface area contributed by atoms with Gasteiger partial charge in [0.1, 0.15) is 18.1 Å². The van der Waals surface area contributed by atoms with E-state index in [0.29, 0.717) is 6.42 Å². The van der Waals surface area contributed by atoms with Crippen molar-refractivity contribution in [3.05, 3.63) is 0 Å². The summed E-state index contributed by atoms with van der Waals surface area (Å²) >= 11 is 3.87. The first-order chi connectivity index (χ1) is 13.8. The number of aliphatic hydroxyl groups is 1. The van der Waals surface area contributed by atoms with Gasteiger partial charge in [0.25, 0.3) is 0 Å². The molecule has 13 heteroatoms. The minimum Gasteiger partial charge on any atom is -0.480 e. The Hall–Kier alpha value is -2.38. The molecule has 12 nitrogen and oxygen atoms in total. The number of amides is 4. The van der Waals surface area contributed by atoms with Crippen molar-refractivity contribution in [1.29, 1.82) is 0 Å². The van der Waals surface area contributed by atoms with E-state index < -0.39 is 72.2 Å². The van der Waals surface area contributed by atoms with Crippen molar-refractivity contribution >= 4 is 42.2 Å². The molecule has 0 aromatic carbocycles. The molecule has 0 aromatic heterocycles. The molecular weight excluding hydrogens is 418 g/mol. The van der Waals surface area contributed by atoms with Crippen LogP contribution >= 0.6 is 12.6 Å². The van der Waals surface area contributed by atoms with Crippen LogP contribution in [0.5, 0.6) is 0 Å². The van der Waals surface area contributed by atoms with E-state index in [2.05, 4.69) is 28.6 Å². The van der Waals surface area contributed by atoms with Crippen molar-refractivity contribution in [3.63, 3.8) is 0 Å². The third kappa shape index (κ3) is 8.97. The number of carboxylic acid groups (broad SMARTS) is 1. The molecule has 9 N–H and O–H groups in total. The van der Waals surface area contributed by atoms with Gasteiger partial charge in [-0.15, -0.1) is 0 Å². The molecule has 4 amide bonds. The molecule has 0 aliphatic carbocycles. The first-order valence-corrected chi connectivity index (χ1v) is 9.95. The van der Waals surface area contributed by atoms with E-state index in [1.807, 2.05) is 0 Å². The Morgan fingerprint density at radius 2 is 1.47 bits per heavy atom. The SMILES string of the molecule is CCC(C)C(NC(=O)C(NC(=O)C(N)CC(N)=O)C(C)O)C(=O)NC(CS)C(=O)O. The standard InChI is InChI=1S/C17H31N5O7S/c1-4-7(2)12(15(26)20-10(6-30)17(28)29)21-16(27)13(8(3)23)22-14(25)9(18)5-11(19)24/h7-10,12-13,23,30H,4-6,18H2,1-3H3,(H2,19,24)(H,20,26)(H,21,27)(H,22,25)(H,28,29). The van der Waals surface area contributed by atoms with Gasteiger partial charge in [0.2, 0.25) is 23.6 Å². The zero-order chi connectivity index (χ0) is 23.6. The molecule has 0 bridgehead atoms. The summed E-state index contributed by atoms with van der Waals surface area (Å²) in [6.07, 6.45) is -1.36. The first kappa shape index (κ1) is 27.6. The van der Waals surface area contributed by atoms with E-state index in [9.17, 15) is 29.1 Å². The first-order valence-electron chi connectivity index (χ1n) is 9.32. The zero-order valence-electron chi connectivity index (χ0n) is 17.1. The highest BCUT2D eigenvalue weighted by Gasteiger charge is 2.34. The van der Waals surface area contributed by atoms with E-state index >= 15 is 0 Å². The van der Waals surface area contributed by atoms with Gasteiger partial charge in [-0.05, 0) is 12.8 Å². The van der Waals surface area contributed by atoms with Gasteiger partial charge < -0.3 is 37.6 Å². The summed E-state index contributed by atoms with van der Waals surface area (Å²) in [5.74, 6) is -5.19. The number of nitrogens with two attached hydrogens (primary N) is 2. The molecule has 0 spiro atoms. The Balaban J connectivity index is 5.41. The number of hydrogen-bond acceptors (Lipinski definition) is 8. The summed E-state index contributed by atoms with van der Waals surface area (Å²) in [4.78, 5) is 59.3. The fourth-order valence-corrected chi connectivity index (χ4v) is 2.61.